The SMILES string of the molecule is O=C(CSc1nnc(C[C@H]2CCS(=O)(=O)C2)o1)Nc1ccc2[nH]c(=O)[nH]c2c1. The summed E-state index contributed by atoms with van der Waals surface area (Å²) in [6.45, 7) is 0. The molecule has 0 bridgehead atoms. The maximum atomic E-state index is 12.1. The van der Waals surface area contributed by atoms with Crippen LogP contribution < -0.4 is 11.0 Å². The highest BCUT2D eigenvalue weighted by molar-refractivity contribution is 7.99. The first-order chi connectivity index (χ1) is 13.4. The van der Waals surface area contributed by atoms with Crippen LogP contribution in [0.1, 0.15) is 12.3 Å². The van der Waals surface area contributed by atoms with E-state index in [1.165, 1.54) is 0 Å². The lowest BCUT2D eigenvalue weighted by Crippen LogP contribution is -2.13. The number of nitrogens with zero attached hydrogens (tertiary/aromatic N) is 2. The number of rotatable bonds is 6. The smallest absolute Gasteiger partial charge is 0.323 e. The van der Waals surface area contributed by atoms with Crippen molar-refractivity contribution in [2.75, 3.05) is 22.6 Å². The number of thioether (sulfide) groups is 1. The minimum absolute atomic E-state index is 0.00129. The van der Waals surface area contributed by atoms with Crippen LogP contribution in [-0.4, -0.2) is 51.7 Å². The van der Waals surface area contributed by atoms with Crippen molar-refractivity contribution >= 4 is 44.2 Å². The van der Waals surface area contributed by atoms with Gasteiger partial charge in [0, 0.05) is 12.1 Å². The average molecular weight is 423 g/mol. The summed E-state index contributed by atoms with van der Waals surface area (Å²) >= 11 is 1.10. The highest BCUT2D eigenvalue weighted by atomic mass is 32.2. The molecule has 0 saturated carbocycles. The van der Waals surface area contributed by atoms with Gasteiger partial charge in [-0.05, 0) is 30.5 Å². The van der Waals surface area contributed by atoms with Gasteiger partial charge in [0.15, 0.2) is 9.84 Å². The summed E-state index contributed by atoms with van der Waals surface area (Å²) in [6.07, 6.45) is 1.03. The fraction of sp³-hybridized carbons (Fsp3) is 0.375. The van der Waals surface area contributed by atoms with E-state index in [9.17, 15) is 18.0 Å². The lowest BCUT2D eigenvalue weighted by molar-refractivity contribution is -0.113. The Labute approximate surface area is 163 Å². The molecule has 1 atom stereocenters. The first-order valence-electron chi connectivity index (χ1n) is 8.54. The van der Waals surface area contributed by atoms with Crippen LogP contribution in [0.2, 0.25) is 0 Å². The highest BCUT2D eigenvalue weighted by Crippen LogP contribution is 2.24. The first-order valence-corrected chi connectivity index (χ1v) is 11.3. The van der Waals surface area contributed by atoms with Crippen molar-refractivity contribution in [3.05, 3.63) is 34.6 Å². The minimum Gasteiger partial charge on any atom is -0.416 e. The minimum atomic E-state index is -2.94. The molecule has 1 aliphatic rings. The third-order valence-corrected chi connectivity index (χ3v) is 7.02. The predicted molar refractivity (Wildman–Crippen MR) is 103 cm³/mol. The van der Waals surface area contributed by atoms with E-state index >= 15 is 0 Å². The maximum Gasteiger partial charge on any atom is 0.323 e. The van der Waals surface area contributed by atoms with Crippen molar-refractivity contribution in [2.45, 2.75) is 18.1 Å². The molecule has 1 aromatic carbocycles. The lowest BCUT2D eigenvalue weighted by atomic mass is 10.1. The molecule has 0 radical (unpaired) electrons. The van der Waals surface area contributed by atoms with E-state index in [2.05, 4.69) is 25.5 Å². The van der Waals surface area contributed by atoms with Gasteiger partial charge >= 0.3 is 5.69 Å². The van der Waals surface area contributed by atoms with Gasteiger partial charge in [0.2, 0.25) is 11.8 Å². The molecule has 1 amide bonds. The number of H-pyrrole nitrogens is 2. The molecule has 3 aromatic rings. The van der Waals surface area contributed by atoms with Gasteiger partial charge in [0.05, 0.1) is 28.3 Å². The maximum absolute atomic E-state index is 12.1. The molecule has 4 rings (SSSR count). The van der Waals surface area contributed by atoms with Crippen LogP contribution in [0.3, 0.4) is 0 Å². The van der Waals surface area contributed by atoms with Crippen molar-refractivity contribution in [2.24, 2.45) is 5.92 Å². The molecular formula is C16H17N5O5S2. The van der Waals surface area contributed by atoms with Crippen molar-refractivity contribution in [3.8, 4) is 0 Å². The zero-order valence-corrected chi connectivity index (χ0v) is 16.2. The van der Waals surface area contributed by atoms with Crippen LogP contribution in [0, 0.1) is 5.92 Å². The molecule has 10 nitrogen and oxygen atoms in total. The molecule has 1 saturated heterocycles. The van der Waals surface area contributed by atoms with E-state index in [1.807, 2.05) is 0 Å². The summed E-state index contributed by atoms with van der Waals surface area (Å²) in [7, 11) is -2.94. The lowest BCUT2D eigenvalue weighted by Gasteiger charge is -2.04. The number of hydrogen-bond acceptors (Lipinski definition) is 8. The Bertz CT molecular complexity index is 1180. The fourth-order valence-corrected chi connectivity index (χ4v) is 5.54. The van der Waals surface area contributed by atoms with E-state index < -0.39 is 9.84 Å². The van der Waals surface area contributed by atoms with Crippen LogP contribution >= 0.6 is 11.8 Å². The Hall–Kier alpha value is -2.60. The van der Waals surface area contributed by atoms with Crippen molar-refractivity contribution in [3.63, 3.8) is 0 Å². The Morgan fingerprint density at radius 1 is 1.29 bits per heavy atom. The summed E-state index contributed by atoms with van der Waals surface area (Å²) in [5.41, 5.74) is 1.51. The normalized spacial score (nSPS) is 18.5. The number of anilines is 1. The van der Waals surface area contributed by atoms with Crippen LogP contribution in [0.5, 0.6) is 0 Å². The molecule has 148 valence electrons. The summed E-state index contributed by atoms with van der Waals surface area (Å²) in [6, 6.07) is 5.05. The quantitative estimate of drug-likeness (QED) is 0.496. The monoisotopic (exact) mass is 423 g/mol. The Kier molecular flexibility index (Phi) is 4.98. The standard InChI is InChI=1S/C16H17N5O5S2/c22-13(17-10-1-2-11-12(6-10)19-15(23)18-11)7-27-16-21-20-14(26-16)5-9-3-4-28(24,25)8-9/h1-2,6,9H,3-5,7-8H2,(H,17,22)(H2,18,19,23)/t9-/m1/s1. The summed E-state index contributed by atoms with van der Waals surface area (Å²) in [4.78, 5) is 28.6. The van der Waals surface area contributed by atoms with Gasteiger partial charge in [0.1, 0.15) is 0 Å². The van der Waals surface area contributed by atoms with E-state index in [-0.39, 0.29) is 40.0 Å². The molecule has 12 heteroatoms. The summed E-state index contributed by atoms with van der Waals surface area (Å²) in [5.74, 6) is 0.547. The van der Waals surface area contributed by atoms with E-state index in [4.69, 9.17) is 4.42 Å². The molecule has 28 heavy (non-hydrogen) atoms. The molecule has 2 aromatic heterocycles. The van der Waals surface area contributed by atoms with Crippen LogP contribution in [0.15, 0.2) is 32.6 Å². The number of carbonyl (C=O) groups excluding carboxylic acids is 1. The predicted octanol–water partition coefficient (Wildman–Crippen LogP) is 0.947. The molecule has 3 N–H and O–H groups in total. The number of imidazole rings is 1. The van der Waals surface area contributed by atoms with Gasteiger partial charge in [0.25, 0.3) is 5.22 Å². The molecule has 1 fully saturated rings. The van der Waals surface area contributed by atoms with Crippen LogP contribution in [0.25, 0.3) is 11.0 Å². The number of hydrogen-bond donors (Lipinski definition) is 3. The Morgan fingerprint density at radius 3 is 2.89 bits per heavy atom. The third kappa shape index (κ3) is 4.44. The summed E-state index contributed by atoms with van der Waals surface area (Å²) < 4.78 is 28.5. The number of benzene rings is 1. The number of amides is 1. The van der Waals surface area contributed by atoms with Gasteiger partial charge < -0.3 is 19.7 Å². The Balaban J connectivity index is 1.29. The van der Waals surface area contributed by atoms with Gasteiger partial charge in [-0.15, -0.1) is 10.2 Å². The second-order valence-electron chi connectivity index (χ2n) is 6.61. The zero-order valence-electron chi connectivity index (χ0n) is 14.6. The summed E-state index contributed by atoms with van der Waals surface area (Å²) in [5, 5.41) is 10.8. The van der Waals surface area contributed by atoms with Crippen LogP contribution in [-0.2, 0) is 21.1 Å². The number of aromatic nitrogens is 4. The molecule has 0 spiro atoms. The average Bonchev–Trinajstić information content (AvgIpc) is 3.31. The van der Waals surface area contributed by atoms with Gasteiger partial charge in [-0.3, -0.25) is 4.79 Å². The van der Waals surface area contributed by atoms with Crippen molar-refractivity contribution in [1.29, 1.82) is 0 Å². The second-order valence-corrected chi connectivity index (χ2v) is 9.77. The van der Waals surface area contributed by atoms with Crippen LogP contribution in [0.4, 0.5) is 5.69 Å². The molecule has 0 aliphatic carbocycles. The van der Waals surface area contributed by atoms with E-state index in [0.717, 1.165) is 11.8 Å². The third-order valence-electron chi connectivity index (χ3n) is 4.36. The number of aromatic amines is 2. The van der Waals surface area contributed by atoms with Gasteiger partial charge in [-0.2, -0.15) is 0 Å². The number of nitrogens with one attached hydrogen (secondary N) is 3. The molecule has 1 aliphatic heterocycles. The van der Waals surface area contributed by atoms with Crippen molar-refractivity contribution in [1.82, 2.24) is 20.2 Å². The molecular weight excluding hydrogens is 406 g/mol. The van der Waals surface area contributed by atoms with E-state index in [0.29, 0.717) is 35.5 Å². The second kappa shape index (κ2) is 7.43. The van der Waals surface area contributed by atoms with Crippen molar-refractivity contribution < 1.29 is 17.6 Å². The fourth-order valence-electron chi connectivity index (χ4n) is 3.09. The van der Waals surface area contributed by atoms with Gasteiger partial charge in [-0.1, -0.05) is 11.8 Å². The zero-order chi connectivity index (χ0) is 19.7. The number of carbonyl (C=O) groups is 1. The Morgan fingerprint density at radius 2 is 2.11 bits per heavy atom. The first kappa shape index (κ1) is 18.7. The largest absolute Gasteiger partial charge is 0.416 e. The highest BCUT2D eigenvalue weighted by Gasteiger charge is 2.29. The molecule has 3 heterocycles. The van der Waals surface area contributed by atoms with Gasteiger partial charge in [-0.25, -0.2) is 13.2 Å². The number of fused-ring (bicyclic) bond motifs is 1. The topological polar surface area (TPSA) is 151 Å². The van der Waals surface area contributed by atoms with E-state index in [1.54, 1.807) is 18.2 Å². The number of sulfone groups is 1. The molecule has 0 unspecified atom stereocenters.